The summed E-state index contributed by atoms with van der Waals surface area (Å²) < 4.78 is 7.77. The van der Waals surface area contributed by atoms with E-state index in [1.54, 1.807) is 0 Å². The Hall–Kier alpha value is -2.11. The Morgan fingerprint density at radius 2 is 2.17 bits per heavy atom. The zero-order chi connectivity index (χ0) is 15.8. The predicted molar refractivity (Wildman–Crippen MR) is 96.8 cm³/mol. The first-order valence-electron chi connectivity index (χ1n) is 7.94. The number of fused-ring (bicyclic) bond motifs is 2. The molecule has 1 atom stereocenters. The highest BCUT2D eigenvalue weighted by Crippen LogP contribution is 2.27. The largest absolute Gasteiger partial charge is 0.488 e. The summed E-state index contributed by atoms with van der Waals surface area (Å²) in [7, 11) is 1.93. The van der Waals surface area contributed by atoms with Crippen molar-refractivity contribution in [1.29, 1.82) is 0 Å². The van der Waals surface area contributed by atoms with Gasteiger partial charge in [0.15, 0.2) is 5.65 Å². The molecule has 0 saturated carbocycles. The van der Waals surface area contributed by atoms with E-state index < -0.39 is 0 Å². The van der Waals surface area contributed by atoms with Crippen LogP contribution in [-0.2, 0) is 20.0 Å². The van der Waals surface area contributed by atoms with Crippen LogP contribution in [-0.4, -0.2) is 27.4 Å². The molecule has 126 valence electrons. The number of aromatic nitrogens is 3. The number of ether oxygens (including phenoxy) is 1. The number of hydrogen-bond acceptors (Lipinski definition) is 4. The molecule has 0 fully saturated rings. The molecule has 5 nitrogen and oxygen atoms in total. The molecular weight excluding hydrogens is 324 g/mol. The quantitative estimate of drug-likeness (QED) is 0.790. The van der Waals surface area contributed by atoms with Gasteiger partial charge in [0, 0.05) is 38.1 Å². The van der Waals surface area contributed by atoms with Crippen molar-refractivity contribution in [3.63, 3.8) is 0 Å². The van der Waals surface area contributed by atoms with Crippen molar-refractivity contribution in [2.45, 2.75) is 26.0 Å². The molecule has 2 aromatic heterocycles. The number of rotatable bonds is 4. The van der Waals surface area contributed by atoms with Gasteiger partial charge in [-0.1, -0.05) is 18.2 Å². The van der Waals surface area contributed by atoms with E-state index >= 15 is 0 Å². The summed E-state index contributed by atoms with van der Waals surface area (Å²) in [6.45, 7) is 3.64. The lowest BCUT2D eigenvalue weighted by Gasteiger charge is -2.12. The second-order valence-corrected chi connectivity index (χ2v) is 6.11. The minimum absolute atomic E-state index is 0. The second-order valence-electron chi connectivity index (χ2n) is 6.11. The van der Waals surface area contributed by atoms with Gasteiger partial charge in [-0.25, -0.2) is 4.98 Å². The second kappa shape index (κ2) is 6.79. The highest BCUT2D eigenvalue weighted by molar-refractivity contribution is 5.85. The van der Waals surface area contributed by atoms with Crippen LogP contribution >= 0.6 is 12.4 Å². The number of halogens is 1. The molecule has 1 N–H and O–H groups in total. The Balaban J connectivity index is 0.00000169. The molecule has 0 saturated heterocycles. The van der Waals surface area contributed by atoms with E-state index in [9.17, 15) is 0 Å². The Labute approximate surface area is 147 Å². The number of nitrogens with zero attached hydrogens (tertiary/aromatic N) is 3. The maximum absolute atomic E-state index is 5.95. The highest BCUT2D eigenvalue weighted by Gasteiger charge is 2.21. The van der Waals surface area contributed by atoms with Gasteiger partial charge in [-0.3, -0.25) is 4.68 Å². The third-order valence-corrected chi connectivity index (χ3v) is 4.33. The first-order chi connectivity index (χ1) is 11.2. The summed E-state index contributed by atoms with van der Waals surface area (Å²) in [6, 6.07) is 10.4. The van der Waals surface area contributed by atoms with E-state index in [1.807, 2.05) is 37.0 Å². The summed E-state index contributed by atoms with van der Waals surface area (Å²) in [5.41, 5.74) is 4.42. The lowest BCUT2D eigenvalue weighted by atomic mass is 10.1. The minimum Gasteiger partial charge on any atom is -0.488 e. The smallest absolute Gasteiger partial charge is 0.157 e. The third-order valence-electron chi connectivity index (χ3n) is 4.33. The number of pyridine rings is 1. The molecule has 3 heterocycles. The van der Waals surface area contributed by atoms with E-state index in [2.05, 4.69) is 33.6 Å². The molecule has 0 amide bonds. The van der Waals surface area contributed by atoms with Crippen molar-refractivity contribution in [2.75, 3.05) is 6.54 Å². The van der Waals surface area contributed by atoms with E-state index in [0.29, 0.717) is 0 Å². The molecule has 0 spiro atoms. The van der Waals surface area contributed by atoms with Crippen molar-refractivity contribution >= 4 is 23.4 Å². The molecule has 0 radical (unpaired) electrons. The highest BCUT2D eigenvalue weighted by atomic mass is 35.5. The molecule has 1 aliphatic rings. The van der Waals surface area contributed by atoms with Gasteiger partial charge < -0.3 is 10.1 Å². The molecule has 1 aliphatic heterocycles. The number of aryl methyl sites for hydroxylation is 2. The lowest BCUT2D eigenvalue weighted by Crippen LogP contribution is -2.29. The van der Waals surface area contributed by atoms with Crippen molar-refractivity contribution in [3.8, 4) is 5.75 Å². The van der Waals surface area contributed by atoms with Gasteiger partial charge in [-0.2, -0.15) is 5.10 Å². The van der Waals surface area contributed by atoms with Gasteiger partial charge in [0.25, 0.3) is 0 Å². The lowest BCUT2D eigenvalue weighted by molar-refractivity contribution is 0.227. The Morgan fingerprint density at radius 1 is 1.33 bits per heavy atom. The van der Waals surface area contributed by atoms with E-state index in [1.165, 1.54) is 11.1 Å². The SMILES string of the molecule is Cc1nn(C)c2ncc(CNCC3Cc4ccccc4O3)cc12.Cl. The molecule has 0 bridgehead atoms. The van der Waals surface area contributed by atoms with Crippen LogP contribution in [0.1, 0.15) is 16.8 Å². The fraction of sp³-hybridized carbons (Fsp3) is 0.333. The molecule has 6 heteroatoms. The fourth-order valence-corrected chi connectivity index (χ4v) is 3.19. The van der Waals surface area contributed by atoms with Crippen LogP contribution < -0.4 is 10.1 Å². The molecule has 1 aromatic carbocycles. The van der Waals surface area contributed by atoms with Crippen LogP contribution in [0.2, 0.25) is 0 Å². The molecule has 4 rings (SSSR count). The van der Waals surface area contributed by atoms with Crippen LogP contribution in [0.5, 0.6) is 5.75 Å². The summed E-state index contributed by atoms with van der Waals surface area (Å²) in [4.78, 5) is 4.51. The summed E-state index contributed by atoms with van der Waals surface area (Å²) >= 11 is 0. The zero-order valence-electron chi connectivity index (χ0n) is 13.8. The zero-order valence-corrected chi connectivity index (χ0v) is 14.6. The van der Waals surface area contributed by atoms with Gasteiger partial charge in [0.1, 0.15) is 11.9 Å². The van der Waals surface area contributed by atoms with Gasteiger partial charge in [0.05, 0.1) is 5.69 Å². The van der Waals surface area contributed by atoms with Crippen LogP contribution in [0.25, 0.3) is 11.0 Å². The van der Waals surface area contributed by atoms with Crippen molar-refractivity contribution in [2.24, 2.45) is 7.05 Å². The maximum atomic E-state index is 5.95. The summed E-state index contributed by atoms with van der Waals surface area (Å²) in [5.74, 6) is 1.02. The number of benzene rings is 1. The molecule has 24 heavy (non-hydrogen) atoms. The number of hydrogen-bond donors (Lipinski definition) is 1. The van der Waals surface area contributed by atoms with Gasteiger partial charge in [-0.15, -0.1) is 12.4 Å². The van der Waals surface area contributed by atoms with Crippen LogP contribution in [0.4, 0.5) is 0 Å². The summed E-state index contributed by atoms with van der Waals surface area (Å²) in [6.07, 6.45) is 3.10. The number of nitrogens with one attached hydrogen (secondary N) is 1. The molecular formula is C18H21ClN4O. The topological polar surface area (TPSA) is 52.0 Å². The van der Waals surface area contributed by atoms with Gasteiger partial charge >= 0.3 is 0 Å². The van der Waals surface area contributed by atoms with Gasteiger partial charge in [0.2, 0.25) is 0 Å². The average Bonchev–Trinajstić information content (AvgIpc) is 3.08. The summed E-state index contributed by atoms with van der Waals surface area (Å²) in [5, 5.41) is 9.01. The van der Waals surface area contributed by atoms with Crippen LogP contribution in [0.3, 0.4) is 0 Å². The first-order valence-corrected chi connectivity index (χ1v) is 7.94. The molecule has 1 unspecified atom stereocenters. The van der Waals surface area contributed by atoms with Crippen LogP contribution in [0.15, 0.2) is 36.5 Å². The Kier molecular flexibility index (Phi) is 4.73. The average molecular weight is 345 g/mol. The van der Waals surface area contributed by atoms with Gasteiger partial charge in [-0.05, 0) is 30.2 Å². The number of para-hydroxylation sites is 1. The van der Waals surface area contributed by atoms with Crippen molar-refractivity contribution < 1.29 is 4.74 Å². The monoisotopic (exact) mass is 344 g/mol. The van der Waals surface area contributed by atoms with E-state index in [-0.39, 0.29) is 18.5 Å². The van der Waals surface area contributed by atoms with E-state index in [0.717, 1.165) is 42.0 Å². The fourth-order valence-electron chi connectivity index (χ4n) is 3.19. The Morgan fingerprint density at radius 3 is 3.00 bits per heavy atom. The molecule has 0 aliphatic carbocycles. The maximum Gasteiger partial charge on any atom is 0.157 e. The van der Waals surface area contributed by atoms with Crippen LogP contribution in [0, 0.1) is 6.92 Å². The third kappa shape index (κ3) is 3.09. The minimum atomic E-state index is 0. The van der Waals surface area contributed by atoms with Crippen molar-refractivity contribution in [3.05, 3.63) is 53.3 Å². The van der Waals surface area contributed by atoms with Crippen molar-refractivity contribution in [1.82, 2.24) is 20.1 Å². The predicted octanol–water partition coefficient (Wildman–Crippen LogP) is 2.79. The van der Waals surface area contributed by atoms with E-state index in [4.69, 9.17) is 4.74 Å². The Bertz CT molecular complexity index is 836. The molecule has 3 aromatic rings. The standard InChI is InChI=1S/C18H20N4O.ClH/c1-12-16-7-13(10-20-18(16)22(2)21-12)9-19-11-15-8-14-5-3-4-6-17(14)23-15;/h3-7,10,15,19H,8-9,11H2,1-2H3;1H. The normalized spacial score (nSPS) is 15.8. The first kappa shape index (κ1) is 16.7.